The molecule has 0 saturated heterocycles. The first kappa shape index (κ1) is 19.5. The predicted octanol–water partition coefficient (Wildman–Crippen LogP) is 5.05. The normalized spacial score (nSPS) is 10.9. The zero-order valence-corrected chi connectivity index (χ0v) is 17.6. The molecule has 2 aromatic heterocycles. The molecule has 146 valence electrons. The highest BCUT2D eigenvalue weighted by atomic mass is 32.2. The number of para-hydroxylation sites is 1. The van der Waals surface area contributed by atoms with Gasteiger partial charge in [0, 0.05) is 22.7 Å². The topological polar surface area (TPSA) is 98.0 Å². The lowest BCUT2D eigenvalue weighted by atomic mass is 10.2. The Labute approximate surface area is 178 Å². The summed E-state index contributed by atoms with van der Waals surface area (Å²) in [4.78, 5) is 32.8. The molecule has 0 aliphatic heterocycles. The lowest BCUT2D eigenvalue weighted by Gasteiger charge is -2.05. The van der Waals surface area contributed by atoms with Gasteiger partial charge >= 0.3 is 0 Å². The highest BCUT2D eigenvalue weighted by Gasteiger charge is 2.19. The maximum atomic E-state index is 12.5. The van der Waals surface area contributed by atoms with Gasteiger partial charge in [-0.05, 0) is 31.2 Å². The summed E-state index contributed by atoms with van der Waals surface area (Å²) in [5.41, 5.74) is 1.87. The number of nitro groups is 1. The third-order valence-corrected chi connectivity index (χ3v) is 7.11. The van der Waals surface area contributed by atoms with E-state index >= 15 is 0 Å². The van der Waals surface area contributed by atoms with Crippen LogP contribution in [-0.2, 0) is 6.54 Å². The number of thiazole rings is 2. The summed E-state index contributed by atoms with van der Waals surface area (Å²) >= 11 is 4.15. The first-order valence-electron chi connectivity index (χ1n) is 8.50. The fourth-order valence-corrected chi connectivity index (χ4v) is 5.40. The van der Waals surface area contributed by atoms with Crippen molar-refractivity contribution in [1.29, 1.82) is 0 Å². The molecule has 2 heterocycles. The fraction of sp³-hybridized carbons (Fsp3) is 0.105. The van der Waals surface area contributed by atoms with Crippen molar-refractivity contribution in [2.24, 2.45) is 0 Å². The Hall–Kier alpha value is -2.82. The second-order valence-corrected chi connectivity index (χ2v) is 9.32. The third kappa shape index (κ3) is 4.44. The first-order chi connectivity index (χ1) is 14.0. The molecule has 0 aliphatic rings. The van der Waals surface area contributed by atoms with Gasteiger partial charge in [-0.2, -0.15) is 0 Å². The van der Waals surface area contributed by atoms with Crippen LogP contribution in [0.1, 0.15) is 21.1 Å². The van der Waals surface area contributed by atoms with Crippen LogP contribution < -0.4 is 5.32 Å². The van der Waals surface area contributed by atoms with Crippen LogP contribution in [0.2, 0.25) is 0 Å². The van der Waals surface area contributed by atoms with Gasteiger partial charge in [-0.25, -0.2) is 9.97 Å². The number of nitrogens with zero attached hydrogens (tertiary/aromatic N) is 3. The molecule has 1 amide bonds. The van der Waals surface area contributed by atoms with Crippen molar-refractivity contribution < 1.29 is 9.72 Å². The zero-order chi connectivity index (χ0) is 20.4. The zero-order valence-electron chi connectivity index (χ0n) is 15.1. The van der Waals surface area contributed by atoms with E-state index in [0.717, 1.165) is 25.3 Å². The van der Waals surface area contributed by atoms with E-state index in [2.05, 4.69) is 15.3 Å². The first-order valence-corrected chi connectivity index (χ1v) is 11.0. The average molecular weight is 443 g/mol. The van der Waals surface area contributed by atoms with Crippen LogP contribution in [0.5, 0.6) is 0 Å². The minimum absolute atomic E-state index is 0.115. The summed E-state index contributed by atoms with van der Waals surface area (Å²) in [6.07, 6.45) is 0. The molecule has 0 radical (unpaired) electrons. The molecule has 0 aliphatic carbocycles. The van der Waals surface area contributed by atoms with Crippen LogP contribution in [0.25, 0.3) is 10.2 Å². The number of benzene rings is 2. The number of amides is 1. The van der Waals surface area contributed by atoms with Crippen LogP contribution in [-0.4, -0.2) is 20.8 Å². The van der Waals surface area contributed by atoms with E-state index < -0.39 is 4.92 Å². The van der Waals surface area contributed by atoms with E-state index in [1.54, 1.807) is 12.1 Å². The van der Waals surface area contributed by atoms with Gasteiger partial charge in [-0.15, -0.1) is 22.7 Å². The Bertz CT molecular complexity index is 1190. The molecule has 1 N–H and O–H groups in total. The Kier molecular flexibility index (Phi) is 5.56. The van der Waals surface area contributed by atoms with E-state index in [4.69, 9.17) is 0 Å². The molecule has 2 aromatic carbocycles. The number of rotatable bonds is 6. The van der Waals surface area contributed by atoms with E-state index in [1.807, 2.05) is 36.6 Å². The lowest BCUT2D eigenvalue weighted by molar-refractivity contribution is -0.387. The minimum atomic E-state index is -0.479. The summed E-state index contributed by atoms with van der Waals surface area (Å²) in [5.74, 6) is -0.381. The van der Waals surface area contributed by atoms with Crippen LogP contribution in [0, 0.1) is 17.0 Å². The van der Waals surface area contributed by atoms with Gasteiger partial charge in [0.15, 0.2) is 4.34 Å². The van der Waals surface area contributed by atoms with Gasteiger partial charge in [0.2, 0.25) is 0 Å². The van der Waals surface area contributed by atoms with Crippen LogP contribution in [0.15, 0.2) is 57.1 Å². The lowest BCUT2D eigenvalue weighted by Crippen LogP contribution is -2.22. The Balaban J connectivity index is 1.50. The number of nitrogens with one attached hydrogen (secondary N) is 1. The Morgan fingerprint density at radius 3 is 2.79 bits per heavy atom. The van der Waals surface area contributed by atoms with E-state index in [1.165, 1.54) is 40.5 Å². The third-order valence-electron chi connectivity index (χ3n) is 3.95. The second-order valence-electron chi connectivity index (χ2n) is 6.05. The van der Waals surface area contributed by atoms with Gasteiger partial charge in [0.1, 0.15) is 5.01 Å². The summed E-state index contributed by atoms with van der Waals surface area (Å²) in [6, 6.07) is 12.2. The highest BCUT2D eigenvalue weighted by molar-refractivity contribution is 8.01. The number of hydrogen-bond donors (Lipinski definition) is 1. The van der Waals surface area contributed by atoms with Gasteiger partial charge in [0.05, 0.1) is 26.6 Å². The molecule has 0 bridgehead atoms. The van der Waals surface area contributed by atoms with Crippen molar-refractivity contribution in [2.45, 2.75) is 22.7 Å². The maximum Gasteiger partial charge on any atom is 0.284 e. The van der Waals surface area contributed by atoms with Crippen molar-refractivity contribution in [1.82, 2.24) is 15.3 Å². The van der Waals surface area contributed by atoms with Gasteiger partial charge in [0.25, 0.3) is 11.6 Å². The molecule has 29 heavy (non-hydrogen) atoms. The standard InChI is InChI=1S/C19H14N4O3S3/c1-11-10-27-19(21-11)29-16-7-6-12(8-14(16)23(25)26)18(24)20-9-17-22-13-4-2-3-5-15(13)28-17/h2-8,10H,9H2,1H3,(H,20,24). The van der Waals surface area contributed by atoms with Crippen LogP contribution >= 0.6 is 34.4 Å². The number of carbonyl (C=O) groups excluding carboxylic acids is 1. The molecule has 0 atom stereocenters. The van der Waals surface area contributed by atoms with E-state index in [0.29, 0.717) is 4.90 Å². The van der Waals surface area contributed by atoms with E-state index in [9.17, 15) is 14.9 Å². The van der Waals surface area contributed by atoms with Crippen molar-refractivity contribution in [2.75, 3.05) is 0 Å². The van der Waals surface area contributed by atoms with Crippen molar-refractivity contribution in [3.8, 4) is 0 Å². The molecule has 4 rings (SSSR count). The number of fused-ring (bicyclic) bond motifs is 1. The number of hydrogen-bond acceptors (Lipinski definition) is 8. The number of carbonyl (C=O) groups is 1. The molecular weight excluding hydrogens is 428 g/mol. The largest absolute Gasteiger partial charge is 0.346 e. The molecular formula is C19H14N4O3S3. The van der Waals surface area contributed by atoms with Crippen molar-refractivity contribution >= 4 is 56.2 Å². The molecule has 0 unspecified atom stereocenters. The van der Waals surface area contributed by atoms with Gasteiger partial charge in [-0.3, -0.25) is 14.9 Å². The van der Waals surface area contributed by atoms with Crippen molar-refractivity contribution in [3.63, 3.8) is 0 Å². The maximum absolute atomic E-state index is 12.5. The monoisotopic (exact) mass is 442 g/mol. The smallest absolute Gasteiger partial charge is 0.284 e. The SMILES string of the molecule is Cc1csc(Sc2ccc(C(=O)NCc3nc4ccccc4s3)cc2[N+](=O)[O-])n1. The summed E-state index contributed by atoms with van der Waals surface area (Å²) in [6.45, 7) is 2.13. The Morgan fingerprint density at radius 1 is 1.24 bits per heavy atom. The molecule has 0 saturated carbocycles. The molecule has 10 heteroatoms. The molecule has 0 spiro atoms. The summed E-state index contributed by atoms with van der Waals surface area (Å²) in [5, 5.41) is 17.0. The highest BCUT2D eigenvalue weighted by Crippen LogP contribution is 2.36. The molecule has 7 nitrogen and oxygen atoms in total. The fourth-order valence-electron chi connectivity index (χ4n) is 2.61. The van der Waals surface area contributed by atoms with E-state index in [-0.39, 0.29) is 23.7 Å². The number of aromatic nitrogens is 2. The Morgan fingerprint density at radius 2 is 2.07 bits per heavy atom. The van der Waals surface area contributed by atoms with Gasteiger partial charge in [-0.1, -0.05) is 23.9 Å². The van der Waals surface area contributed by atoms with Crippen molar-refractivity contribution in [3.05, 3.63) is 74.2 Å². The minimum Gasteiger partial charge on any atom is -0.346 e. The van der Waals surface area contributed by atoms with Gasteiger partial charge < -0.3 is 5.32 Å². The number of nitro benzene ring substituents is 1. The molecule has 4 aromatic rings. The quantitative estimate of drug-likeness (QED) is 0.331. The summed E-state index contributed by atoms with van der Waals surface area (Å²) in [7, 11) is 0. The van der Waals surface area contributed by atoms with Crippen LogP contribution in [0.3, 0.4) is 0 Å². The number of aryl methyl sites for hydroxylation is 1. The van der Waals surface area contributed by atoms with Crippen LogP contribution in [0.4, 0.5) is 5.69 Å². The average Bonchev–Trinajstić information content (AvgIpc) is 3.31. The summed E-state index contributed by atoms with van der Waals surface area (Å²) < 4.78 is 1.77. The molecule has 0 fully saturated rings. The second kappa shape index (κ2) is 8.27. The predicted molar refractivity (Wildman–Crippen MR) is 115 cm³/mol.